The fraction of sp³-hybridized carbons (Fsp3) is 0.630. The Morgan fingerprint density at radius 3 is 1.76 bits per heavy atom. The zero-order chi connectivity index (χ0) is 28.6. The lowest BCUT2D eigenvalue weighted by molar-refractivity contribution is -0.158. The molecule has 10 nitrogen and oxygen atoms in total. The highest BCUT2D eigenvalue weighted by Gasteiger charge is 2.33. The van der Waals surface area contributed by atoms with E-state index in [1.54, 1.807) is 86.6 Å². The maximum absolute atomic E-state index is 13.2. The van der Waals surface area contributed by atoms with Crippen molar-refractivity contribution >= 4 is 23.8 Å². The molecule has 0 unspecified atom stereocenters. The quantitative estimate of drug-likeness (QED) is 0.351. The summed E-state index contributed by atoms with van der Waals surface area (Å²) in [5.41, 5.74) is -1.92. The minimum absolute atomic E-state index is 0.192. The highest BCUT2D eigenvalue weighted by molar-refractivity contribution is 6.00. The summed E-state index contributed by atoms with van der Waals surface area (Å²) in [4.78, 5) is 51.6. The van der Waals surface area contributed by atoms with Gasteiger partial charge in [-0.05, 0) is 86.6 Å². The lowest BCUT2D eigenvalue weighted by atomic mass is 10.0. The maximum Gasteiger partial charge on any atom is 0.408 e. The smallest absolute Gasteiger partial charge is 0.408 e. The standard InChI is InChI=1S/C27H42N2O8/c1-25(2,3)35-16-20(29-24(33)37-27(7,8)9)22(31)28-19(23(32)36-26(4,5)6)15-21(30)17-11-13-18(34-10)14-12-17/h11-14,19-20H,15-16H2,1-10H3,(H,28,31)(H,29,33)/t19-,20-/m0/s1. The van der Waals surface area contributed by atoms with Gasteiger partial charge in [0.05, 0.1) is 19.3 Å². The summed E-state index contributed by atoms with van der Waals surface area (Å²) in [6.07, 6.45) is -1.18. The third-order valence-electron chi connectivity index (χ3n) is 4.50. The fourth-order valence-electron chi connectivity index (χ4n) is 2.88. The van der Waals surface area contributed by atoms with Crippen LogP contribution in [0.2, 0.25) is 0 Å². The number of ketones is 1. The first kappa shape index (κ1) is 31.9. The van der Waals surface area contributed by atoms with E-state index in [0.717, 1.165) is 0 Å². The number of ether oxygens (including phenoxy) is 4. The van der Waals surface area contributed by atoms with E-state index < -0.39 is 46.9 Å². The van der Waals surface area contributed by atoms with Crippen molar-refractivity contribution in [2.45, 2.75) is 97.6 Å². The zero-order valence-corrected chi connectivity index (χ0v) is 23.6. The molecule has 2 amide bonds. The second-order valence-electron chi connectivity index (χ2n) is 11.6. The molecule has 1 aromatic rings. The van der Waals surface area contributed by atoms with Gasteiger partial charge in [0.1, 0.15) is 29.0 Å². The van der Waals surface area contributed by atoms with Crippen LogP contribution < -0.4 is 15.4 Å². The Balaban J connectivity index is 3.15. The molecular formula is C27H42N2O8. The Bertz CT molecular complexity index is 937. The van der Waals surface area contributed by atoms with Gasteiger partial charge in [0.25, 0.3) is 0 Å². The van der Waals surface area contributed by atoms with E-state index >= 15 is 0 Å². The van der Waals surface area contributed by atoms with Gasteiger partial charge >= 0.3 is 12.1 Å². The van der Waals surface area contributed by atoms with Crippen LogP contribution in [0.4, 0.5) is 4.79 Å². The van der Waals surface area contributed by atoms with Crippen molar-refractivity contribution in [3.63, 3.8) is 0 Å². The zero-order valence-electron chi connectivity index (χ0n) is 23.6. The molecule has 0 aliphatic heterocycles. The van der Waals surface area contributed by atoms with E-state index in [1.807, 2.05) is 0 Å². The van der Waals surface area contributed by atoms with Gasteiger partial charge in [0.15, 0.2) is 5.78 Å². The summed E-state index contributed by atoms with van der Waals surface area (Å²) in [6, 6.07) is 3.88. The lowest BCUT2D eigenvalue weighted by Gasteiger charge is -2.28. The highest BCUT2D eigenvalue weighted by Crippen LogP contribution is 2.16. The first-order valence-corrected chi connectivity index (χ1v) is 12.1. The molecule has 0 bridgehead atoms. The van der Waals surface area contributed by atoms with Crippen molar-refractivity contribution in [1.82, 2.24) is 10.6 Å². The molecule has 0 fully saturated rings. The molecule has 0 aromatic heterocycles. The first-order valence-electron chi connectivity index (χ1n) is 12.1. The molecule has 2 atom stereocenters. The van der Waals surface area contributed by atoms with Gasteiger partial charge in [-0.25, -0.2) is 9.59 Å². The Morgan fingerprint density at radius 1 is 0.757 bits per heavy atom. The molecule has 0 aliphatic carbocycles. The third kappa shape index (κ3) is 13.1. The summed E-state index contributed by atoms with van der Waals surface area (Å²) in [5, 5.41) is 5.04. The minimum atomic E-state index is -1.31. The number of amides is 2. The lowest BCUT2D eigenvalue weighted by Crippen LogP contribution is -2.55. The monoisotopic (exact) mass is 522 g/mol. The van der Waals surface area contributed by atoms with Crippen LogP contribution in [0.1, 0.15) is 79.1 Å². The predicted octanol–water partition coefficient (Wildman–Crippen LogP) is 3.80. The molecule has 2 N–H and O–H groups in total. The first-order chi connectivity index (χ1) is 16.8. The SMILES string of the molecule is COc1ccc(C(=O)C[C@H](NC(=O)[C@H](COC(C)(C)C)NC(=O)OC(C)(C)C)C(=O)OC(C)(C)C)cc1. The highest BCUT2D eigenvalue weighted by atomic mass is 16.6. The van der Waals surface area contributed by atoms with Crippen molar-refractivity contribution in [1.29, 1.82) is 0 Å². The number of carbonyl (C=O) groups is 4. The number of hydrogen-bond donors (Lipinski definition) is 2. The average Bonchev–Trinajstić information content (AvgIpc) is 2.72. The van der Waals surface area contributed by atoms with Crippen molar-refractivity contribution in [2.24, 2.45) is 0 Å². The molecule has 1 aromatic carbocycles. The van der Waals surface area contributed by atoms with E-state index in [4.69, 9.17) is 18.9 Å². The van der Waals surface area contributed by atoms with Crippen LogP contribution >= 0.6 is 0 Å². The molecule has 208 valence electrons. The van der Waals surface area contributed by atoms with Crippen molar-refractivity contribution in [2.75, 3.05) is 13.7 Å². The van der Waals surface area contributed by atoms with Crippen molar-refractivity contribution in [3.05, 3.63) is 29.8 Å². The van der Waals surface area contributed by atoms with Gasteiger partial charge in [0, 0.05) is 12.0 Å². The van der Waals surface area contributed by atoms with Gasteiger partial charge in [-0.2, -0.15) is 0 Å². The van der Waals surface area contributed by atoms with E-state index in [-0.39, 0.29) is 18.8 Å². The number of Topliss-reactive ketones (excluding diaryl/α,β-unsaturated/α-hetero) is 1. The number of methoxy groups -OCH3 is 1. The number of hydrogen-bond acceptors (Lipinski definition) is 8. The van der Waals surface area contributed by atoms with E-state index in [9.17, 15) is 19.2 Å². The molecule has 0 spiro atoms. The van der Waals surface area contributed by atoms with Crippen LogP contribution in [0, 0.1) is 0 Å². The summed E-state index contributed by atoms with van der Waals surface area (Å²) < 4.78 is 21.5. The summed E-state index contributed by atoms with van der Waals surface area (Å²) >= 11 is 0. The number of carbonyl (C=O) groups excluding carboxylic acids is 4. The molecule has 37 heavy (non-hydrogen) atoms. The van der Waals surface area contributed by atoms with Crippen LogP contribution in [0.3, 0.4) is 0 Å². The largest absolute Gasteiger partial charge is 0.497 e. The van der Waals surface area contributed by atoms with Gasteiger partial charge < -0.3 is 29.6 Å². The molecule has 0 aliphatic rings. The minimum Gasteiger partial charge on any atom is -0.497 e. The van der Waals surface area contributed by atoms with Crippen LogP contribution in [-0.4, -0.2) is 66.4 Å². The van der Waals surface area contributed by atoms with E-state index in [0.29, 0.717) is 11.3 Å². The molecule has 10 heteroatoms. The summed E-state index contributed by atoms with van der Waals surface area (Å²) in [7, 11) is 1.51. The van der Waals surface area contributed by atoms with Crippen molar-refractivity contribution in [3.8, 4) is 5.75 Å². The van der Waals surface area contributed by atoms with E-state index in [2.05, 4.69) is 10.6 Å². The molecule has 1 rings (SSSR count). The van der Waals surface area contributed by atoms with E-state index in [1.165, 1.54) is 7.11 Å². The van der Waals surface area contributed by atoms with Gasteiger partial charge in [0.2, 0.25) is 5.91 Å². The maximum atomic E-state index is 13.2. The number of benzene rings is 1. The van der Waals surface area contributed by atoms with Crippen LogP contribution in [0.15, 0.2) is 24.3 Å². The normalized spacial score (nSPS) is 13.7. The number of rotatable bonds is 10. The molecule has 0 saturated heterocycles. The van der Waals surface area contributed by atoms with Crippen molar-refractivity contribution < 1.29 is 38.1 Å². The molecule has 0 heterocycles. The average molecular weight is 523 g/mol. The molecule has 0 radical (unpaired) electrons. The second-order valence-corrected chi connectivity index (χ2v) is 11.6. The van der Waals surface area contributed by atoms with Gasteiger partial charge in [-0.3, -0.25) is 9.59 Å². The number of esters is 1. The topological polar surface area (TPSA) is 129 Å². The molecule has 0 saturated carbocycles. The number of nitrogens with one attached hydrogen (secondary N) is 2. The second kappa shape index (κ2) is 12.9. The number of alkyl carbamates (subject to hydrolysis) is 1. The third-order valence-corrected chi connectivity index (χ3v) is 4.50. The Labute approximate surface area is 219 Å². The van der Waals surface area contributed by atoms with Crippen LogP contribution in [0.5, 0.6) is 5.75 Å². The Morgan fingerprint density at radius 2 is 1.30 bits per heavy atom. The predicted molar refractivity (Wildman–Crippen MR) is 139 cm³/mol. The Hall–Kier alpha value is -3.14. The fourth-order valence-corrected chi connectivity index (χ4v) is 2.88. The molecular weight excluding hydrogens is 480 g/mol. The van der Waals surface area contributed by atoms with Gasteiger partial charge in [-0.1, -0.05) is 0 Å². The summed E-state index contributed by atoms with van der Waals surface area (Å²) in [5.74, 6) is -1.33. The van der Waals surface area contributed by atoms with Gasteiger partial charge in [-0.15, -0.1) is 0 Å². The summed E-state index contributed by atoms with van der Waals surface area (Å²) in [6.45, 7) is 15.3. The Kier molecular flexibility index (Phi) is 11.1. The van der Waals surface area contributed by atoms with Crippen LogP contribution in [-0.2, 0) is 23.8 Å². The van der Waals surface area contributed by atoms with Crippen LogP contribution in [0.25, 0.3) is 0 Å².